The Balaban J connectivity index is 2.29. The highest BCUT2D eigenvalue weighted by Crippen LogP contribution is 2.21. The van der Waals surface area contributed by atoms with Gasteiger partial charge in [-0.05, 0) is 31.0 Å². The quantitative estimate of drug-likeness (QED) is 0.526. The minimum Gasteiger partial charge on any atom is -0.423 e. The molecule has 5 heteroatoms. The summed E-state index contributed by atoms with van der Waals surface area (Å²) in [5.74, 6) is -0.556. The van der Waals surface area contributed by atoms with Gasteiger partial charge in [-0.3, -0.25) is 0 Å². The van der Waals surface area contributed by atoms with Crippen molar-refractivity contribution in [3.63, 3.8) is 0 Å². The zero-order valence-electron chi connectivity index (χ0n) is 11.3. The molecule has 0 aliphatic heterocycles. The van der Waals surface area contributed by atoms with Gasteiger partial charge >= 0.3 is 11.6 Å². The van der Waals surface area contributed by atoms with Gasteiger partial charge in [-0.1, -0.05) is 18.7 Å². The minimum absolute atomic E-state index is 0.242. The molecule has 1 unspecified atom stereocenters. The largest absolute Gasteiger partial charge is 0.423 e. The van der Waals surface area contributed by atoms with Crippen molar-refractivity contribution in [1.82, 2.24) is 5.48 Å². The Morgan fingerprint density at radius 3 is 2.90 bits per heavy atom. The first-order chi connectivity index (χ1) is 9.51. The molecular weight excluding hydrogens is 258 g/mol. The predicted octanol–water partition coefficient (Wildman–Crippen LogP) is 2.40. The molecule has 20 heavy (non-hydrogen) atoms. The van der Waals surface area contributed by atoms with Gasteiger partial charge in [0.2, 0.25) is 0 Å². The van der Waals surface area contributed by atoms with Gasteiger partial charge in [0.25, 0.3) is 0 Å². The number of nitrogens with one attached hydrogen (secondary N) is 1. The van der Waals surface area contributed by atoms with Gasteiger partial charge in [-0.25, -0.2) is 9.59 Å². The van der Waals surface area contributed by atoms with E-state index in [2.05, 4.69) is 12.1 Å². The summed E-state index contributed by atoms with van der Waals surface area (Å²) in [4.78, 5) is 27.1. The van der Waals surface area contributed by atoms with Crippen molar-refractivity contribution in [1.29, 1.82) is 0 Å². The van der Waals surface area contributed by atoms with E-state index in [4.69, 9.17) is 9.25 Å². The van der Waals surface area contributed by atoms with E-state index in [-0.39, 0.29) is 11.7 Å². The number of hydrogen-bond donors (Lipinski definition) is 1. The molecule has 0 aliphatic rings. The summed E-state index contributed by atoms with van der Waals surface area (Å²) in [5.41, 5.74) is 4.43. The summed E-state index contributed by atoms with van der Waals surface area (Å²) in [7, 11) is 0. The molecule has 0 radical (unpaired) electrons. The molecule has 0 aliphatic carbocycles. The van der Waals surface area contributed by atoms with Crippen LogP contribution in [0.3, 0.4) is 0 Å². The normalized spacial score (nSPS) is 12.1. The second kappa shape index (κ2) is 5.71. The number of benzene rings is 1. The smallest absolute Gasteiger partial charge is 0.348 e. The molecule has 1 heterocycles. The van der Waals surface area contributed by atoms with Crippen molar-refractivity contribution in [2.75, 3.05) is 0 Å². The first-order valence-corrected chi connectivity index (χ1v) is 6.14. The average Bonchev–Trinajstić information content (AvgIpc) is 2.43. The lowest BCUT2D eigenvalue weighted by atomic mass is 10.0. The zero-order chi connectivity index (χ0) is 14.7. The topological polar surface area (TPSA) is 68.5 Å². The first kappa shape index (κ1) is 14.0. The first-order valence-electron chi connectivity index (χ1n) is 6.14. The van der Waals surface area contributed by atoms with Crippen LogP contribution in [0, 0.1) is 6.92 Å². The summed E-state index contributed by atoms with van der Waals surface area (Å²) < 4.78 is 5.17. The fourth-order valence-electron chi connectivity index (χ4n) is 1.87. The summed E-state index contributed by atoms with van der Waals surface area (Å²) in [6.45, 7) is 6.99. The average molecular weight is 273 g/mol. The van der Waals surface area contributed by atoms with Crippen LogP contribution in [0.2, 0.25) is 0 Å². The second-order valence-electron chi connectivity index (χ2n) is 4.47. The number of hydrogen-bond acceptors (Lipinski definition) is 5. The number of aryl methyl sites for hydroxylation is 1. The highest BCUT2D eigenvalue weighted by atomic mass is 16.7. The third kappa shape index (κ3) is 2.95. The standard InChI is InChI=1S/C15H15NO4/c1-4-14(17)20-16-10(3)11-5-6-12-9(2)7-15(18)19-13(12)8-11/h4-8,10,16H,1H2,2-3H3. The van der Waals surface area contributed by atoms with Crippen molar-refractivity contribution >= 4 is 16.9 Å². The van der Waals surface area contributed by atoms with Crippen molar-refractivity contribution in [3.05, 3.63) is 58.5 Å². The minimum atomic E-state index is -0.556. The van der Waals surface area contributed by atoms with E-state index in [1.165, 1.54) is 6.07 Å². The van der Waals surface area contributed by atoms with E-state index in [0.717, 1.165) is 22.6 Å². The Morgan fingerprint density at radius 1 is 1.45 bits per heavy atom. The summed E-state index contributed by atoms with van der Waals surface area (Å²) in [6, 6.07) is 6.72. The van der Waals surface area contributed by atoms with Crippen molar-refractivity contribution in [2.45, 2.75) is 19.9 Å². The van der Waals surface area contributed by atoms with Crippen LogP contribution in [0.25, 0.3) is 11.0 Å². The van der Waals surface area contributed by atoms with Crippen LogP contribution in [0.1, 0.15) is 24.1 Å². The second-order valence-corrected chi connectivity index (χ2v) is 4.47. The lowest BCUT2D eigenvalue weighted by Crippen LogP contribution is -2.22. The van der Waals surface area contributed by atoms with Gasteiger partial charge in [0.05, 0.1) is 6.04 Å². The van der Waals surface area contributed by atoms with Gasteiger partial charge in [0, 0.05) is 17.5 Å². The third-order valence-electron chi connectivity index (χ3n) is 2.98. The Kier molecular flexibility index (Phi) is 4.00. The highest BCUT2D eigenvalue weighted by molar-refractivity contribution is 5.81. The van der Waals surface area contributed by atoms with E-state index < -0.39 is 5.97 Å². The molecule has 2 aromatic rings. The van der Waals surface area contributed by atoms with Crippen LogP contribution >= 0.6 is 0 Å². The summed E-state index contributed by atoms with van der Waals surface area (Å²) >= 11 is 0. The SMILES string of the molecule is C=CC(=O)ONC(C)c1ccc2c(C)cc(=O)oc2c1. The lowest BCUT2D eigenvalue weighted by Gasteiger charge is -2.13. The van der Waals surface area contributed by atoms with E-state index in [1.807, 2.05) is 26.0 Å². The van der Waals surface area contributed by atoms with Crippen molar-refractivity contribution < 1.29 is 14.0 Å². The number of carbonyl (C=O) groups excluding carboxylic acids is 1. The molecule has 0 saturated carbocycles. The van der Waals surface area contributed by atoms with Crippen LogP contribution in [-0.2, 0) is 9.63 Å². The van der Waals surface area contributed by atoms with E-state index >= 15 is 0 Å². The van der Waals surface area contributed by atoms with Crippen LogP contribution in [0.4, 0.5) is 0 Å². The monoisotopic (exact) mass is 273 g/mol. The van der Waals surface area contributed by atoms with Crippen LogP contribution in [-0.4, -0.2) is 5.97 Å². The molecule has 1 aromatic carbocycles. The third-order valence-corrected chi connectivity index (χ3v) is 2.98. The highest BCUT2D eigenvalue weighted by Gasteiger charge is 2.10. The summed E-state index contributed by atoms with van der Waals surface area (Å²) in [5, 5.41) is 0.878. The summed E-state index contributed by atoms with van der Waals surface area (Å²) in [6.07, 6.45) is 1.07. The molecule has 104 valence electrons. The fourth-order valence-corrected chi connectivity index (χ4v) is 1.87. The maximum Gasteiger partial charge on any atom is 0.348 e. The number of fused-ring (bicyclic) bond motifs is 1. The van der Waals surface area contributed by atoms with Gasteiger partial charge in [-0.2, -0.15) is 0 Å². The molecule has 1 aromatic heterocycles. The molecule has 2 rings (SSSR count). The van der Waals surface area contributed by atoms with E-state index in [1.54, 1.807) is 6.07 Å². The Morgan fingerprint density at radius 2 is 2.20 bits per heavy atom. The van der Waals surface area contributed by atoms with E-state index in [0.29, 0.717) is 5.58 Å². The van der Waals surface area contributed by atoms with Gasteiger partial charge in [0.15, 0.2) is 0 Å². The zero-order valence-corrected chi connectivity index (χ0v) is 11.3. The Labute approximate surface area is 115 Å². The van der Waals surface area contributed by atoms with Crippen LogP contribution in [0.5, 0.6) is 0 Å². The Hall–Kier alpha value is -2.40. The van der Waals surface area contributed by atoms with Gasteiger partial charge in [-0.15, -0.1) is 5.48 Å². The molecule has 0 saturated heterocycles. The molecular formula is C15H15NO4. The van der Waals surface area contributed by atoms with Gasteiger partial charge in [0.1, 0.15) is 5.58 Å². The molecule has 0 amide bonds. The number of carbonyl (C=O) groups is 1. The number of rotatable bonds is 4. The van der Waals surface area contributed by atoms with Crippen LogP contribution in [0.15, 0.2) is 46.1 Å². The van der Waals surface area contributed by atoms with Crippen molar-refractivity contribution in [2.24, 2.45) is 0 Å². The van der Waals surface area contributed by atoms with Gasteiger partial charge < -0.3 is 9.25 Å². The molecule has 1 atom stereocenters. The molecule has 5 nitrogen and oxygen atoms in total. The maximum atomic E-state index is 11.4. The fraction of sp³-hybridized carbons (Fsp3) is 0.200. The maximum absolute atomic E-state index is 11.4. The molecule has 0 fully saturated rings. The molecule has 0 spiro atoms. The molecule has 0 bridgehead atoms. The lowest BCUT2D eigenvalue weighted by molar-refractivity contribution is -0.146. The molecule has 1 N–H and O–H groups in total. The van der Waals surface area contributed by atoms with Crippen LogP contribution < -0.4 is 11.1 Å². The van der Waals surface area contributed by atoms with Crippen molar-refractivity contribution in [3.8, 4) is 0 Å². The Bertz CT molecular complexity index is 717. The number of hydroxylamine groups is 1. The predicted molar refractivity (Wildman–Crippen MR) is 75.1 cm³/mol. The van der Waals surface area contributed by atoms with E-state index in [9.17, 15) is 9.59 Å².